The molecule has 136 valence electrons. The van der Waals surface area contributed by atoms with Gasteiger partial charge in [-0.1, -0.05) is 12.1 Å². The molecule has 0 unspecified atom stereocenters. The summed E-state index contributed by atoms with van der Waals surface area (Å²) < 4.78 is 40.5. The molecule has 7 heteroatoms. The lowest BCUT2D eigenvalue weighted by Crippen LogP contribution is -2.49. The van der Waals surface area contributed by atoms with Crippen LogP contribution in [0.4, 0.5) is 13.2 Å². The Morgan fingerprint density at radius 1 is 1.04 bits per heavy atom. The molecule has 2 bridgehead atoms. The van der Waals surface area contributed by atoms with E-state index in [2.05, 4.69) is 0 Å². The summed E-state index contributed by atoms with van der Waals surface area (Å²) >= 11 is 0. The van der Waals surface area contributed by atoms with Gasteiger partial charge in [0.05, 0.1) is 5.56 Å². The molecule has 0 spiro atoms. The van der Waals surface area contributed by atoms with Crippen LogP contribution >= 0.6 is 0 Å². The lowest BCUT2D eigenvalue weighted by Gasteiger charge is -2.42. The number of rotatable bonds is 1. The number of likely N-dealkylation sites (tertiary alicyclic amines) is 1. The molecule has 1 aromatic heterocycles. The van der Waals surface area contributed by atoms with E-state index in [1.165, 1.54) is 18.2 Å². The number of piperidine rings is 1. The normalized spacial score (nSPS) is 22.0. The second-order valence-corrected chi connectivity index (χ2v) is 6.99. The van der Waals surface area contributed by atoms with E-state index in [9.17, 15) is 22.8 Å². The van der Waals surface area contributed by atoms with Gasteiger partial charge in [-0.05, 0) is 36.6 Å². The number of halogens is 3. The lowest BCUT2D eigenvalue weighted by molar-refractivity contribution is -0.137. The molecule has 1 amide bonds. The van der Waals surface area contributed by atoms with Crippen LogP contribution in [-0.4, -0.2) is 28.5 Å². The molecular weight excluding hydrogens is 345 g/mol. The predicted octanol–water partition coefficient (Wildman–Crippen LogP) is 3.13. The first-order valence-corrected chi connectivity index (χ1v) is 8.49. The van der Waals surface area contributed by atoms with Crippen molar-refractivity contribution in [1.29, 1.82) is 0 Å². The van der Waals surface area contributed by atoms with Gasteiger partial charge >= 0.3 is 6.18 Å². The fourth-order valence-corrected chi connectivity index (χ4v) is 4.07. The summed E-state index contributed by atoms with van der Waals surface area (Å²) in [6, 6.07) is 9.67. The number of alkyl halides is 3. The molecule has 0 saturated carbocycles. The molecule has 1 saturated heterocycles. The van der Waals surface area contributed by atoms with Gasteiger partial charge in [-0.15, -0.1) is 0 Å². The average molecular weight is 362 g/mol. The Kier molecular flexibility index (Phi) is 3.89. The number of hydrogen-bond donors (Lipinski definition) is 0. The number of nitrogens with zero attached hydrogens (tertiary/aromatic N) is 2. The molecule has 4 rings (SSSR count). The van der Waals surface area contributed by atoms with Gasteiger partial charge < -0.3 is 9.47 Å². The number of fused-ring (bicyclic) bond motifs is 4. The van der Waals surface area contributed by atoms with Crippen molar-refractivity contribution in [3.05, 3.63) is 69.6 Å². The van der Waals surface area contributed by atoms with Gasteiger partial charge in [0.2, 0.25) is 0 Å². The molecular formula is C19H17F3N2O2. The van der Waals surface area contributed by atoms with Crippen LogP contribution in [0, 0.1) is 5.92 Å². The highest BCUT2D eigenvalue weighted by Gasteiger charge is 2.37. The third kappa shape index (κ3) is 2.91. The highest BCUT2D eigenvalue weighted by molar-refractivity contribution is 5.94. The van der Waals surface area contributed by atoms with E-state index >= 15 is 0 Å². The summed E-state index contributed by atoms with van der Waals surface area (Å²) in [5, 5.41) is 0. The molecule has 2 aromatic rings. The van der Waals surface area contributed by atoms with Crippen molar-refractivity contribution in [2.24, 2.45) is 5.92 Å². The number of pyridine rings is 1. The maximum atomic E-state index is 12.9. The van der Waals surface area contributed by atoms with Crippen molar-refractivity contribution in [1.82, 2.24) is 9.47 Å². The second-order valence-electron chi connectivity index (χ2n) is 6.99. The standard InChI is InChI=1S/C19H17F3N2O2/c20-19(21,22)15-4-1-3-13(8-15)18(26)23-9-12-7-14(11-23)16-5-2-6-17(25)24(16)10-12/h1-6,8,12,14H,7,9-11H2/t12-,14-/m0/s1. The minimum Gasteiger partial charge on any atom is -0.338 e. The van der Waals surface area contributed by atoms with Gasteiger partial charge in [-0.25, -0.2) is 0 Å². The van der Waals surface area contributed by atoms with E-state index in [0.29, 0.717) is 19.6 Å². The van der Waals surface area contributed by atoms with E-state index < -0.39 is 17.6 Å². The molecule has 2 aliphatic heterocycles. The van der Waals surface area contributed by atoms with Crippen molar-refractivity contribution < 1.29 is 18.0 Å². The van der Waals surface area contributed by atoms with Gasteiger partial charge in [-0.2, -0.15) is 13.2 Å². The Morgan fingerprint density at radius 2 is 1.81 bits per heavy atom. The minimum absolute atomic E-state index is 0.0335. The van der Waals surface area contributed by atoms with E-state index in [4.69, 9.17) is 0 Å². The number of benzene rings is 1. The van der Waals surface area contributed by atoms with Crippen molar-refractivity contribution in [3.8, 4) is 0 Å². The maximum Gasteiger partial charge on any atom is 0.416 e. The molecule has 2 aliphatic rings. The van der Waals surface area contributed by atoms with Crippen molar-refractivity contribution in [3.63, 3.8) is 0 Å². The van der Waals surface area contributed by atoms with Crippen molar-refractivity contribution >= 4 is 5.91 Å². The molecule has 0 radical (unpaired) electrons. The molecule has 26 heavy (non-hydrogen) atoms. The van der Waals surface area contributed by atoms with Crippen LogP contribution in [0.5, 0.6) is 0 Å². The Balaban J connectivity index is 1.61. The second kappa shape index (κ2) is 6.00. The monoisotopic (exact) mass is 362 g/mol. The Labute approximate surface area is 147 Å². The molecule has 0 aliphatic carbocycles. The number of aromatic nitrogens is 1. The van der Waals surface area contributed by atoms with E-state index in [1.807, 2.05) is 6.07 Å². The zero-order valence-electron chi connectivity index (χ0n) is 13.9. The maximum absolute atomic E-state index is 12.9. The first-order valence-electron chi connectivity index (χ1n) is 8.49. The fraction of sp³-hybridized carbons (Fsp3) is 0.368. The van der Waals surface area contributed by atoms with Gasteiger partial charge in [0.15, 0.2) is 0 Å². The van der Waals surface area contributed by atoms with Gasteiger partial charge in [0.1, 0.15) is 0 Å². The largest absolute Gasteiger partial charge is 0.416 e. The quantitative estimate of drug-likeness (QED) is 0.782. The summed E-state index contributed by atoms with van der Waals surface area (Å²) in [4.78, 5) is 26.4. The lowest BCUT2D eigenvalue weighted by atomic mass is 9.83. The summed E-state index contributed by atoms with van der Waals surface area (Å²) in [7, 11) is 0. The molecule has 1 aromatic carbocycles. The summed E-state index contributed by atoms with van der Waals surface area (Å²) in [5.74, 6) is -0.222. The number of amides is 1. The Morgan fingerprint density at radius 3 is 2.58 bits per heavy atom. The number of carbonyl (C=O) groups excluding carboxylic acids is 1. The fourth-order valence-electron chi connectivity index (χ4n) is 4.07. The molecule has 0 N–H and O–H groups in total. The average Bonchev–Trinajstić information content (AvgIpc) is 2.61. The first kappa shape index (κ1) is 16.9. The van der Waals surface area contributed by atoms with E-state index in [-0.39, 0.29) is 23.0 Å². The molecule has 4 nitrogen and oxygen atoms in total. The molecule has 2 atom stereocenters. The first-order chi connectivity index (χ1) is 12.3. The highest BCUT2D eigenvalue weighted by Crippen LogP contribution is 2.36. The molecule has 1 fully saturated rings. The summed E-state index contributed by atoms with van der Waals surface area (Å²) in [5.41, 5.74) is 0.0767. The van der Waals surface area contributed by atoms with Crippen LogP contribution in [0.3, 0.4) is 0 Å². The molecule has 3 heterocycles. The van der Waals surface area contributed by atoms with Crippen LogP contribution in [0.25, 0.3) is 0 Å². The van der Waals surface area contributed by atoms with Crippen molar-refractivity contribution in [2.75, 3.05) is 13.1 Å². The van der Waals surface area contributed by atoms with Gasteiger partial charge in [0, 0.05) is 42.9 Å². The SMILES string of the molecule is O=C(c1cccc(C(F)(F)F)c1)N1C[C@@H]2C[C@@H](C1)c1cccc(=O)n1C2. The van der Waals surface area contributed by atoms with Gasteiger partial charge in [0.25, 0.3) is 11.5 Å². The van der Waals surface area contributed by atoms with Crippen LogP contribution in [0.15, 0.2) is 47.3 Å². The number of hydrogen-bond acceptors (Lipinski definition) is 2. The van der Waals surface area contributed by atoms with Crippen molar-refractivity contribution in [2.45, 2.75) is 25.1 Å². The minimum atomic E-state index is -4.48. The number of carbonyl (C=O) groups is 1. The zero-order valence-corrected chi connectivity index (χ0v) is 13.9. The summed E-state index contributed by atoms with van der Waals surface area (Å²) in [6.45, 7) is 1.40. The Bertz CT molecular complexity index is 919. The predicted molar refractivity (Wildman–Crippen MR) is 88.9 cm³/mol. The van der Waals surface area contributed by atoms with Crippen LogP contribution in [0.1, 0.15) is 34.0 Å². The zero-order chi connectivity index (χ0) is 18.5. The van der Waals surface area contributed by atoms with Crippen LogP contribution in [0.2, 0.25) is 0 Å². The van der Waals surface area contributed by atoms with Crippen LogP contribution < -0.4 is 5.56 Å². The third-order valence-electron chi connectivity index (χ3n) is 5.20. The van der Waals surface area contributed by atoms with Gasteiger partial charge in [-0.3, -0.25) is 9.59 Å². The van der Waals surface area contributed by atoms with Crippen LogP contribution in [-0.2, 0) is 12.7 Å². The van der Waals surface area contributed by atoms with E-state index in [0.717, 1.165) is 24.2 Å². The third-order valence-corrected chi connectivity index (χ3v) is 5.20. The van der Waals surface area contributed by atoms with E-state index in [1.54, 1.807) is 15.5 Å². The smallest absolute Gasteiger partial charge is 0.338 e. The topological polar surface area (TPSA) is 42.3 Å². The highest BCUT2D eigenvalue weighted by atomic mass is 19.4. The summed E-state index contributed by atoms with van der Waals surface area (Å²) in [6.07, 6.45) is -3.59. The Hall–Kier alpha value is -2.57.